The molecular weight excluding hydrogens is 923 g/mol. The highest BCUT2D eigenvalue weighted by Gasteiger charge is 2.44. The maximum atomic E-state index is 13.4. The Kier molecular flexibility index (Phi) is 13.2. The zero-order valence-electron chi connectivity index (χ0n) is 37.4. The number of anilines is 2. The molecule has 8 aromatic rings. The van der Waals surface area contributed by atoms with Crippen molar-refractivity contribution in [2.45, 2.75) is 74.7 Å². The summed E-state index contributed by atoms with van der Waals surface area (Å²) in [6.07, 6.45) is 17.9. The van der Waals surface area contributed by atoms with Crippen LogP contribution in [-0.2, 0) is 0 Å². The average molecular weight is 975 g/mol. The van der Waals surface area contributed by atoms with E-state index in [-0.39, 0.29) is 29.0 Å². The van der Waals surface area contributed by atoms with Gasteiger partial charge in [-0.3, -0.25) is 29.0 Å². The molecule has 1 saturated heterocycles. The van der Waals surface area contributed by atoms with Crippen LogP contribution in [0.5, 0.6) is 0 Å². The summed E-state index contributed by atoms with van der Waals surface area (Å²) in [5.41, 5.74) is 5.42. The topological polar surface area (TPSA) is 197 Å². The third-order valence-corrected chi connectivity index (χ3v) is 14.1. The number of carbonyl (C=O) groups is 2. The monoisotopic (exact) mass is 973 g/mol. The van der Waals surface area contributed by atoms with Gasteiger partial charge in [-0.1, -0.05) is 89.4 Å². The molecule has 346 valence electrons. The number of nitrogens with one attached hydrogen (secondary N) is 5. The number of aromatic amines is 2. The van der Waals surface area contributed by atoms with Crippen molar-refractivity contribution in [2.24, 2.45) is 11.8 Å². The minimum Gasteiger partial charge on any atom is -0.322 e. The minimum absolute atomic E-state index is 0.0112. The molecule has 1 atom stereocenters. The highest BCUT2D eigenvalue weighted by atomic mass is 79.9. The van der Waals surface area contributed by atoms with Crippen LogP contribution in [0.1, 0.15) is 90.6 Å². The Hall–Kier alpha value is -7.04. The lowest BCUT2D eigenvalue weighted by molar-refractivity contribution is 0.101. The first kappa shape index (κ1) is 44.8. The molecule has 4 aromatic carbocycles. The number of carbonyl (C=O) groups excluding carboxylic acids is 2. The van der Waals surface area contributed by atoms with Gasteiger partial charge < -0.3 is 16.0 Å². The van der Waals surface area contributed by atoms with Gasteiger partial charge >= 0.3 is 0 Å². The van der Waals surface area contributed by atoms with Crippen molar-refractivity contribution in [1.29, 1.82) is 0 Å². The van der Waals surface area contributed by atoms with Gasteiger partial charge in [0.05, 0.1) is 57.8 Å². The van der Waals surface area contributed by atoms with Crippen LogP contribution < -0.4 is 27.1 Å². The second-order valence-electron chi connectivity index (χ2n) is 18.0. The molecule has 3 aliphatic carbocycles. The zero-order valence-corrected chi connectivity index (χ0v) is 39.0. The van der Waals surface area contributed by atoms with Gasteiger partial charge in [0, 0.05) is 57.0 Å². The summed E-state index contributed by atoms with van der Waals surface area (Å²) >= 11 is 3.54. The van der Waals surface area contributed by atoms with E-state index < -0.39 is 0 Å². The number of hydrogen-bond acceptors (Lipinski definition) is 9. The number of nitrogens with zero attached hydrogens (tertiary/aromatic N) is 6. The van der Waals surface area contributed by atoms with E-state index in [0.29, 0.717) is 56.8 Å². The fraction of sp³-hybridized carbons (Fsp3) is 0.308. The largest absolute Gasteiger partial charge is 0.322 e. The third kappa shape index (κ3) is 10.1. The van der Waals surface area contributed by atoms with E-state index in [9.17, 15) is 19.2 Å². The van der Waals surface area contributed by atoms with E-state index in [2.05, 4.69) is 57.4 Å². The van der Waals surface area contributed by atoms with Gasteiger partial charge in [0.2, 0.25) is 0 Å². The predicted molar refractivity (Wildman–Crippen MR) is 268 cm³/mol. The van der Waals surface area contributed by atoms with Crippen LogP contribution >= 0.6 is 15.9 Å². The first-order valence-electron chi connectivity index (χ1n) is 23.5. The Bertz CT molecular complexity index is 3150. The van der Waals surface area contributed by atoms with Crippen LogP contribution in [0.25, 0.3) is 44.1 Å². The van der Waals surface area contributed by atoms with Gasteiger partial charge in [-0.15, -0.1) is 0 Å². The Morgan fingerprint density at radius 2 is 1.26 bits per heavy atom. The van der Waals surface area contributed by atoms with Gasteiger partial charge in [0.15, 0.2) is 0 Å². The molecule has 0 radical (unpaired) electrons. The second kappa shape index (κ2) is 20.1. The fourth-order valence-electron chi connectivity index (χ4n) is 9.22. The Labute approximate surface area is 400 Å². The molecule has 2 amide bonds. The summed E-state index contributed by atoms with van der Waals surface area (Å²) in [6, 6.07) is 30.6. The Balaban J connectivity index is 0.000000141. The molecule has 0 bridgehead atoms. The molecule has 12 rings (SSSR count). The van der Waals surface area contributed by atoms with E-state index in [1.165, 1.54) is 57.6 Å². The number of rotatable bonds is 10. The number of H-pyrrole nitrogens is 2. The molecule has 0 spiro atoms. The summed E-state index contributed by atoms with van der Waals surface area (Å²) in [4.78, 5) is 51.0. The number of benzene rings is 4. The summed E-state index contributed by atoms with van der Waals surface area (Å²) in [5, 5.41) is 34.5. The smallest absolute Gasteiger partial charge is 0.274 e. The van der Waals surface area contributed by atoms with Crippen molar-refractivity contribution in [3.05, 3.63) is 154 Å². The molecule has 1 unspecified atom stereocenters. The van der Waals surface area contributed by atoms with Gasteiger partial charge in [-0.25, -0.2) is 9.78 Å². The minimum atomic E-state index is -0.222. The highest BCUT2D eigenvalue weighted by Crippen LogP contribution is 2.51. The number of aromatic nitrogens is 8. The van der Waals surface area contributed by atoms with Crippen LogP contribution in [0.15, 0.2) is 131 Å². The van der Waals surface area contributed by atoms with Gasteiger partial charge in [0.25, 0.3) is 22.9 Å². The average Bonchev–Trinajstić information content (AvgIpc) is 4.00. The first-order chi connectivity index (χ1) is 33.3. The summed E-state index contributed by atoms with van der Waals surface area (Å²) in [7, 11) is 0. The molecule has 16 heteroatoms. The highest BCUT2D eigenvalue weighted by molar-refractivity contribution is 9.09. The van der Waals surface area contributed by atoms with Crippen LogP contribution in [-0.4, -0.2) is 69.7 Å². The first-order valence-corrected chi connectivity index (χ1v) is 24.4. The SMILES string of the molecule is BrC1CCCC1.O=C(Nc1ccc(-c2n[nH]c(=O)c3ccccc23)cc1)c1cnn(C2CCNC2)c1.O=C(Nc1ccc(-c2nn(C(C3CC3)C3CC3)c(=O)c3ccccc23)cc1)c1cn[nH]c1. The molecule has 1 aliphatic heterocycles. The van der Waals surface area contributed by atoms with Crippen molar-refractivity contribution in [3.8, 4) is 22.5 Å². The maximum Gasteiger partial charge on any atom is 0.274 e. The number of amides is 2. The fourth-order valence-corrected chi connectivity index (χ4v) is 9.86. The molecule has 5 heterocycles. The van der Waals surface area contributed by atoms with E-state index in [4.69, 9.17) is 5.10 Å². The maximum absolute atomic E-state index is 13.4. The molecule has 15 nitrogen and oxygen atoms in total. The summed E-state index contributed by atoms with van der Waals surface area (Å²) in [5.74, 6) is 0.720. The van der Waals surface area contributed by atoms with Crippen molar-refractivity contribution >= 4 is 60.7 Å². The molecule has 5 N–H and O–H groups in total. The number of hydrogen-bond donors (Lipinski definition) is 5. The van der Waals surface area contributed by atoms with E-state index in [0.717, 1.165) is 51.9 Å². The van der Waals surface area contributed by atoms with Gasteiger partial charge in [-0.05, 0) is 99.7 Å². The number of alkyl halides is 1. The lowest BCUT2D eigenvalue weighted by Crippen LogP contribution is -2.30. The van der Waals surface area contributed by atoms with E-state index in [1.807, 2.05) is 95.7 Å². The molecule has 4 aliphatic rings. The van der Waals surface area contributed by atoms with Crippen molar-refractivity contribution in [1.82, 2.24) is 45.3 Å². The van der Waals surface area contributed by atoms with Crippen molar-refractivity contribution in [2.75, 3.05) is 23.7 Å². The van der Waals surface area contributed by atoms with Gasteiger partial charge in [-0.2, -0.15) is 20.4 Å². The second-order valence-corrected chi connectivity index (χ2v) is 19.3. The van der Waals surface area contributed by atoms with Gasteiger partial charge in [0.1, 0.15) is 0 Å². The lowest BCUT2D eigenvalue weighted by atomic mass is 10.0. The van der Waals surface area contributed by atoms with Crippen LogP contribution in [0.4, 0.5) is 11.4 Å². The summed E-state index contributed by atoms with van der Waals surface area (Å²) < 4.78 is 3.63. The number of fused-ring (bicyclic) bond motifs is 2. The van der Waals surface area contributed by atoms with E-state index >= 15 is 0 Å². The van der Waals surface area contributed by atoms with Crippen LogP contribution in [0.2, 0.25) is 0 Å². The Morgan fingerprint density at radius 3 is 1.82 bits per heavy atom. The van der Waals surface area contributed by atoms with Crippen molar-refractivity contribution < 1.29 is 9.59 Å². The quantitative estimate of drug-likeness (QED) is 0.0830. The normalized spacial score (nSPS) is 16.8. The molecule has 4 aromatic heterocycles. The third-order valence-electron chi connectivity index (χ3n) is 13.2. The molecule has 4 fully saturated rings. The van der Waals surface area contributed by atoms with Crippen molar-refractivity contribution in [3.63, 3.8) is 0 Å². The molecule has 3 saturated carbocycles. The van der Waals surface area contributed by atoms with E-state index in [1.54, 1.807) is 29.3 Å². The molecule has 68 heavy (non-hydrogen) atoms. The summed E-state index contributed by atoms with van der Waals surface area (Å²) in [6.45, 7) is 1.84. The van der Waals surface area contributed by atoms with Crippen LogP contribution in [0.3, 0.4) is 0 Å². The standard InChI is InChI=1S/C25H23N5O2.C22H20N6O2.C5H9Br/c31-24(18-13-26-27-14-18)28-19-11-9-15(10-12-19)22-20-3-1-2-4-21(20)25(32)30(29-22)23(16-5-6-16)17-7-8-17;29-21(15-11-24-28(13-15)17-9-10-23-12-17)25-16-7-5-14(6-8-16)20-18-3-1-2-4-19(18)22(30)27-26-20;6-5-3-1-2-4-5/h1-4,9-14,16-17,23H,5-8H2,(H,26,27)(H,28,31);1-8,11,13,17,23H,9-10,12H2,(H,25,29)(H,27,30);5H,1-4H2. The predicted octanol–water partition coefficient (Wildman–Crippen LogP) is 9.30. The Morgan fingerprint density at radius 1 is 0.676 bits per heavy atom. The zero-order chi connectivity index (χ0) is 46.6. The van der Waals surface area contributed by atoms with Crippen LogP contribution in [0, 0.1) is 11.8 Å². The number of halogens is 1. The molecular formula is C52H52BrN11O4. The lowest BCUT2D eigenvalue weighted by Gasteiger charge is -2.20.